The summed E-state index contributed by atoms with van der Waals surface area (Å²) >= 11 is 0. The number of aryl methyl sites for hydroxylation is 2. The molecule has 17 heavy (non-hydrogen) atoms. The van der Waals surface area contributed by atoms with Gasteiger partial charge < -0.3 is 0 Å². The molecule has 2 rings (SSSR count). The number of hydrogen-bond donors (Lipinski definition) is 0. The van der Waals surface area contributed by atoms with E-state index in [-0.39, 0.29) is 10.6 Å². The van der Waals surface area contributed by atoms with E-state index in [0.29, 0.717) is 5.69 Å². The second-order valence-electron chi connectivity index (χ2n) is 3.82. The zero-order valence-electron chi connectivity index (χ0n) is 9.75. The maximum Gasteiger partial charge on any atom is 0.293 e. The van der Waals surface area contributed by atoms with Gasteiger partial charge in [-0.05, 0) is 18.6 Å². The number of imidazole rings is 1. The van der Waals surface area contributed by atoms with Crippen LogP contribution in [0, 0.1) is 17.0 Å². The molecule has 0 aliphatic carbocycles. The van der Waals surface area contributed by atoms with Crippen molar-refractivity contribution >= 4 is 5.69 Å². The van der Waals surface area contributed by atoms with E-state index in [1.807, 2.05) is 13.8 Å². The highest BCUT2D eigenvalue weighted by atomic mass is 16.6. The Bertz CT molecular complexity index is 561. The second-order valence-corrected chi connectivity index (χ2v) is 3.82. The molecule has 0 N–H and O–H groups in total. The molecule has 1 heterocycles. The normalized spacial score (nSPS) is 10.5. The third-order valence-electron chi connectivity index (χ3n) is 2.62. The van der Waals surface area contributed by atoms with E-state index in [2.05, 4.69) is 4.98 Å². The summed E-state index contributed by atoms with van der Waals surface area (Å²) < 4.78 is 1.77. The van der Waals surface area contributed by atoms with Crippen molar-refractivity contribution < 1.29 is 4.92 Å². The van der Waals surface area contributed by atoms with Gasteiger partial charge in [-0.3, -0.25) is 14.7 Å². The zero-order valence-corrected chi connectivity index (χ0v) is 9.75. The molecule has 0 fully saturated rings. The number of hydrogen-bond acceptors (Lipinski definition) is 3. The molecule has 0 atom stereocenters. The van der Waals surface area contributed by atoms with Gasteiger partial charge in [-0.2, -0.15) is 0 Å². The van der Waals surface area contributed by atoms with Crippen LogP contribution in [0.15, 0.2) is 30.6 Å². The molecule has 0 saturated carbocycles. The van der Waals surface area contributed by atoms with Crippen LogP contribution in [-0.4, -0.2) is 14.5 Å². The Morgan fingerprint density at radius 2 is 2.24 bits per heavy atom. The van der Waals surface area contributed by atoms with Gasteiger partial charge in [-0.1, -0.05) is 13.0 Å². The minimum atomic E-state index is -0.367. The smallest absolute Gasteiger partial charge is 0.293 e. The van der Waals surface area contributed by atoms with Crippen LogP contribution in [-0.2, 0) is 6.42 Å². The second kappa shape index (κ2) is 4.37. The number of nitro benzene ring substituents is 1. The van der Waals surface area contributed by atoms with Crippen LogP contribution < -0.4 is 0 Å². The lowest BCUT2D eigenvalue weighted by molar-refractivity contribution is -0.384. The average molecular weight is 231 g/mol. The summed E-state index contributed by atoms with van der Waals surface area (Å²) in [6.45, 7) is 3.89. The monoisotopic (exact) mass is 231 g/mol. The lowest BCUT2D eigenvalue weighted by atomic mass is 10.2. The van der Waals surface area contributed by atoms with Crippen molar-refractivity contribution in [2.24, 2.45) is 0 Å². The molecule has 0 amide bonds. The molecule has 0 spiro atoms. The fourth-order valence-electron chi connectivity index (χ4n) is 1.80. The van der Waals surface area contributed by atoms with Crippen LogP contribution in [0.2, 0.25) is 0 Å². The van der Waals surface area contributed by atoms with E-state index in [9.17, 15) is 10.1 Å². The van der Waals surface area contributed by atoms with E-state index < -0.39 is 0 Å². The van der Waals surface area contributed by atoms with Crippen LogP contribution in [0.25, 0.3) is 5.69 Å². The van der Waals surface area contributed by atoms with Crippen molar-refractivity contribution in [1.29, 1.82) is 0 Å². The third-order valence-corrected chi connectivity index (χ3v) is 2.62. The number of rotatable bonds is 3. The van der Waals surface area contributed by atoms with Crippen molar-refractivity contribution in [3.05, 3.63) is 52.1 Å². The molecule has 0 aliphatic rings. The van der Waals surface area contributed by atoms with E-state index in [4.69, 9.17) is 0 Å². The SMILES string of the molecule is CCc1nccn1-c1cc(C)ccc1[N+](=O)[O-]. The first-order chi connectivity index (χ1) is 8.13. The highest BCUT2D eigenvalue weighted by Gasteiger charge is 2.16. The number of aromatic nitrogens is 2. The van der Waals surface area contributed by atoms with Crippen molar-refractivity contribution in [1.82, 2.24) is 9.55 Å². The summed E-state index contributed by atoms with van der Waals surface area (Å²) in [6.07, 6.45) is 4.14. The highest BCUT2D eigenvalue weighted by Crippen LogP contribution is 2.25. The van der Waals surface area contributed by atoms with Crippen LogP contribution >= 0.6 is 0 Å². The van der Waals surface area contributed by atoms with Gasteiger partial charge in [-0.15, -0.1) is 0 Å². The Balaban J connectivity index is 2.65. The minimum absolute atomic E-state index is 0.100. The van der Waals surface area contributed by atoms with Gasteiger partial charge in [0.25, 0.3) is 5.69 Å². The molecule has 5 nitrogen and oxygen atoms in total. The molecule has 0 unspecified atom stereocenters. The van der Waals surface area contributed by atoms with Crippen molar-refractivity contribution in [2.45, 2.75) is 20.3 Å². The third kappa shape index (κ3) is 2.04. The minimum Gasteiger partial charge on any atom is -0.298 e. The van der Waals surface area contributed by atoms with Crippen molar-refractivity contribution in [2.75, 3.05) is 0 Å². The van der Waals surface area contributed by atoms with Gasteiger partial charge in [0.2, 0.25) is 0 Å². The maximum absolute atomic E-state index is 11.0. The van der Waals surface area contributed by atoms with Gasteiger partial charge in [0, 0.05) is 24.9 Å². The number of nitrogens with zero attached hydrogens (tertiary/aromatic N) is 3. The van der Waals surface area contributed by atoms with Gasteiger partial charge in [0.15, 0.2) is 0 Å². The van der Waals surface area contributed by atoms with Gasteiger partial charge >= 0.3 is 0 Å². The van der Waals surface area contributed by atoms with Crippen LogP contribution in [0.1, 0.15) is 18.3 Å². The largest absolute Gasteiger partial charge is 0.298 e. The Hall–Kier alpha value is -2.17. The molecule has 0 bridgehead atoms. The van der Waals surface area contributed by atoms with Crippen LogP contribution in [0.5, 0.6) is 0 Å². The number of benzene rings is 1. The first-order valence-electron chi connectivity index (χ1n) is 5.41. The Labute approximate surface area is 98.9 Å². The molecule has 0 aliphatic heterocycles. The topological polar surface area (TPSA) is 61.0 Å². The predicted molar refractivity (Wildman–Crippen MR) is 64.3 cm³/mol. The summed E-state index contributed by atoms with van der Waals surface area (Å²) in [5, 5.41) is 11.0. The molecule has 1 aromatic carbocycles. The highest BCUT2D eigenvalue weighted by molar-refractivity contribution is 5.54. The van der Waals surface area contributed by atoms with E-state index >= 15 is 0 Å². The molecule has 0 radical (unpaired) electrons. The lowest BCUT2D eigenvalue weighted by Gasteiger charge is -2.08. The van der Waals surface area contributed by atoms with E-state index in [1.54, 1.807) is 29.1 Å². The van der Waals surface area contributed by atoms with Crippen LogP contribution in [0.3, 0.4) is 0 Å². The summed E-state index contributed by atoms with van der Waals surface area (Å²) in [5.41, 5.74) is 1.66. The first kappa shape index (κ1) is 11.3. The molecule has 1 aromatic heterocycles. The zero-order chi connectivity index (χ0) is 12.4. The van der Waals surface area contributed by atoms with E-state index in [1.165, 1.54) is 6.07 Å². The van der Waals surface area contributed by atoms with Gasteiger partial charge in [0.05, 0.1) is 4.92 Å². The molecular weight excluding hydrogens is 218 g/mol. The number of nitro groups is 1. The van der Waals surface area contributed by atoms with Crippen LogP contribution in [0.4, 0.5) is 5.69 Å². The Kier molecular flexibility index (Phi) is 2.91. The molecule has 0 saturated heterocycles. The molecular formula is C12H13N3O2. The summed E-state index contributed by atoms with van der Waals surface area (Å²) in [4.78, 5) is 14.8. The average Bonchev–Trinajstić information content (AvgIpc) is 2.76. The Morgan fingerprint density at radius 3 is 2.88 bits per heavy atom. The fourth-order valence-corrected chi connectivity index (χ4v) is 1.80. The standard InChI is InChI=1S/C12H13N3O2/c1-3-12-13-6-7-14(12)11-8-9(2)4-5-10(11)15(16)17/h4-8H,3H2,1-2H3. The fraction of sp³-hybridized carbons (Fsp3) is 0.250. The first-order valence-corrected chi connectivity index (χ1v) is 5.41. The quantitative estimate of drug-likeness (QED) is 0.602. The lowest BCUT2D eigenvalue weighted by Crippen LogP contribution is -2.03. The maximum atomic E-state index is 11.0. The molecule has 2 aromatic rings. The van der Waals surface area contributed by atoms with Gasteiger partial charge in [0.1, 0.15) is 11.5 Å². The van der Waals surface area contributed by atoms with Crippen molar-refractivity contribution in [3.8, 4) is 5.69 Å². The molecule has 88 valence electrons. The summed E-state index contributed by atoms with van der Waals surface area (Å²) in [6, 6.07) is 5.08. The molecule has 5 heteroatoms. The van der Waals surface area contributed by atoms with Gasteiger partial charge in [-0.25, -0.2) is 4.98 Å². The Morgan fingerprint density at radius 1 is 1.47 bits per heavy atom. The predicted octanol–water partition coefficient (Wildman–Crippen LogP) is 2.65. The van der Waals surface area contributed by atoms with Crippen molar-refractivity contribution in [3.63, 3.8) is 0 Å². The summed E-state index contributed by atoms with van der Waals surface area (Å²) in [7, 11) is 0. The summed E-state index contributed by atoms with van der Waals surface area (Å²) in [5.74, 6) is 0.818. The van der Waals surface area contributed by atoms with E-state index in [0.717, 1.165) is 17.8 Å².